The molecule has 0 aliphatic carbocycles. The molecule has 2 heterocycles. The number of amides is 2. The molecule has 0 unspecified atom stereocenters. The Balaban J connectivity index is 1.73. The Morgan fingerprint density at radius 3 is 2.88 bits per heavy atom. The van der Waals surface area contributed by atoms with Gasteiger partial charge >= 0.3 is 0 Å². The van der Waals surface area contributed by atoms with Gasteiger partial charge in [0.25, 0.3) is 5.91 Å². The van der Waals surface area contributed by atoms with Crippen molar-refractivity contribution < 1.29 is 14.3 Å². The van der Waals surface area contributed by atoms with Crippen LogP contribution in [-0.2, 0) is 15.3 Å². The van der Waals surface area contributed by atoms with Gasteiger partial charge in [-0.05, 0) is 23.6 Å². The van der Waals surface area contributed by atoms with E-state index in [0.717, 1.165) is 10.6 Å². The lowest BCUT2D eigenvalue weighted by Crippen LogP contribution is -2.50. The minimum Gasteiger partial charge on any atom is -0.367 e. The molecule has 2 amide bonds. The molecular formula is C17H18N2O3S2. The van der Waals surface area contributed by atoms with Crippen LogP contribution < -0.4 is 5.73 Å². The number of carbonyl (C=O) groups is 2. The zero-order valence-electron chi connectivity index (χ0n) is 13.0. The number of thioether (sulfide) groups is 1. The molecule has 1 aliphatic rings. The second kappa shape index (κ2) is 7.83. The number of benzene rings is 1. The molecule has 1 atom stereocenters. The van der Waals surface area contributed by atoms with E-state index in [9.17, 15) is 9.59 Å². The van der Waals surface area contributed by atoms with Crippen molar-refractivity contribution in [2.24, 2.45) is 5.73 Å². The molecule has 5 nitrogen and oxygen atoms in total. The quantitative estimate of drug-likeness (QED) is 0.829. The smallest absolute Gasteiger partial charge is 0.255 e. The van der Waals surface area contributed by atoms with Gasteiger partial charge in [0.2, 0.25) is 5.91 Å². The molecule has 1 fully saturated rings. The Kier molecular flexibility index (Phi) is 5.55. The number of hydrogen-bond donors (Lipinski definition) is 1. The summed E-state index contributed by atoms with van der Waals surface area (Å²) >= 11 is 3.35. The van der Waals surface area contributed by atoms with Crippen LogP contribution in [0.1, 0.15) is 15.2 Å². The maximum atomic E-state index is 12.9. The number of nitrogens with two attached hydrogens (primary N) is 1. The number of morpholine rings is 1. The summed E-state index contributed by atoms with van der Waals surface area (Å²) < 4.78 is 5.31. The molecule has 0 spiro atoms. The third kappa shape index (κ3) is 3.98. The summed E-state index contributed by atoms with van der Waals surface area (Å²) in [6.07, 6.45) is -0.728. The molecule has 1 saturated heterocycles. The number of primary amides is 1. The third-order valence-corrected chi connectivity index (χ3v) is 5.92. The van der Waals surface area contributed by atoms with Gasteiger partial charge in [0.1, 0.15) is 0 Å². The van der Waals surface area contributed by atoms with E-state index in [-0.39, 0.29) is 12.5 Å². The van der Waals surface area contributed by atoms with Gasteiger partial charge < -0.3 is 15.4 Å². The normalized spacial score (nSPS) is 17.7. The Bertz CT molecular complexity index is 718. The fourth-order valence-electron chi connectivity index (χ4n) is 2.49. The molecule has 24 heavy (non-hydrogen) atoms. The largest absolute Gasteiger partial charge is 0.367 e. The maximum Gasteiger partial charge on any atom is 0.255 e. The molecule has 0 bridgehead atoms. The summed E-state index contributed by atoms with van der Waals surface area (Å²) in [7, 11) is 0. The van der Waals surface area contributed by atoms with Gasteiger partial charge in [0.05, 0.1) is 18.7 Å². The first-order chi connectivity index (χ1) is 11.6. The summed E-state index contributed by atoms with van der Waals surface area (Å²) in [5.41, 5.74) is 5.95. The Hall–Kier alpha value is -1.83. The van der Waals surface area contributed by atoms with Crippen LogP contribution in [0.15, 0.2) is 46.7 Å². The fourth-order valence-corrected chi connectivity index (χ4v) is 4.31. The van der Waals surface area contributed by atoms with Crippen molar-refractivity contribution in [3.05, 3.63) is 52.2 Å². The van der Waals surface area contributed by atoms with Crippen molar-refractivity contribution in [1.82, 2.24) is 4.90 Å². The fraction of sp³-hybridized carbons (Fsp3) is 0.294. The van der Waals surface area contributed by atoms with Gasteiger partial charge in [-0.1, -0.05) is 18.2 Å². The second-order valence-electron chi connectivity index (χ2n) is 5.38. The summed E-state index contributed by atoms with van der Waals surface area (Å²) in [4.78, 5) is 28.0. The van der Waals surface area contributed by atoms with Gasteiger partial charge in [0, 0.05) is 22.1 Å². The van der Waals surface area contributed by atoms with Crippen LogP contribution in [0.2, 0.25) is 0 Å². The minimum atomic E-state index is -0.728. The lowest BCUT2D eigenvalue weighted by molar-refractivity contribution is -0.133. The number of nitrogens with zero attached hydrogens (tertiary/aromatic N) is 1. The first kappa shape index (κ1) is 17.0. The van der Waals surface area contributed by atoms with Crippen molar-refractivity contribution in [3.8, 4) is 0 Å². The van der Waals surface area contributed by atoms with Crippen LogP contribution in [0.4, 0.5) is 0 Å². The van der Waals surface area contributed by atoms with E-state index in [4.69, 9.17) is 10.5 Å². The highest BCUT2D eigenvalue weighted by atomic mass is 32.2. The lowest BCUT2D eigenvalue weighted by atomic mass is 10.1. The number of rotatable bonds is 5. The van der Waals surface area contributed by atoms with E-state index < -0.39 is 12.0 Å². The summed E-state index contributed by atoms with van der Waals surface area (Å²) in [6.45, 7) is 0.995. The summed E-state index contributed by atoms with van der Waals surface area (Å²) in [6, 6.07) is 11.7. The second-order valence-corrected chi connectivity index (χ2v) is 7.43. The number of ether oxygens (including phenoxy) is 1. The van der Waals surface area contributed by atoms with E-state index in [1.807, 2.05) is 35.7 Å². The van der Waals surface area contributed by atoms with Crippen molar-refractivity contribution in [2.75, 3.05) is 19.7 Å². The molecular weight excluding hydrogens is 344 g/mol. The monoisotopic (exact) mass is 362 g/mol. The molecule has 1 aromatic carbocycles. The van der Waals surface area contributed by atoms with E-state index >= 15 is 0 Å². The van der Waals surface area contributed by atoms with Crippen molar-refractivity contribution in [2.45, 2.75) is 16.8 Å². The third-order valence-electron chi connectivity index (χ3n) is 3.74. The van der Waals surface area contributed by atoms with Gasteiger partial charge in [0.15, 0.2) is 6.10 Å². The predicted octanol–water partition coefficient (Wildman–Crippen LogP) is 2.37. The van der Waals surface area contributed by atoms with Crippen molar-refractivity contribution >= 4 is 34.9 Å². The highest BCUT2D eigenvalue weighted by molar-refractivity contribution is 7.98. The van der Waals surface area contributed by atoms with Crippen molar-refractivity contribution in [1.29, 1.82) is 0 Å². The summed E-state index contributed by atoms with van der Waals surface area (Å²) in [5.74, 6) is 0.210. The molecule has 0 saturated carbocycles. The van der Waals surface area contributed by atoms with E-state index in [1.165, 1.54) is 4.88 Å². The number of carbonyl (C=O) groups excluding carboxylic acids is 2. The Morgan fingerprint density at radius 2 is 2.12 bits per heavy atom. The molecule has 126 valence electrons. The SMILES string of the molecule is NC(=O)[C@H]1CN(C(=O)c2ccccc2SCc2cccs2)CCO1. The minimum absolute atomic E-state index is 0.0844. The highest BCUT2D eigenvalue weighted by Crippen LogP contribution is 2.29. The Labute approximate surface area is 148 Å². The molecule has 2 N–H and O–H groups in total. The van der Waals surface area contributed by atoms with Crippen LogP contribution in [0.25, 0.3) is 0 Å². The van der Waals surface area contributed by atoms with E-state index in [1.54, 1.807) is 28.0 Å². The number of thiophene rings is 1. The molecule has 0 radical (unpaired) electrons. The van der Waals surface area contributed by atoms with Crippen LogP contribution in [0.3, 0.4) is 0 Å². The Morgan fingerprint density at radius 1 is 1.29 bits per heavy atom. The molecule has 3 rings (SSSR count). The van der Waals surface area contributed by atoms with Gasteiger partial charge in [-0.3, -0.25) is 9.59 Å². The lowest BCUT2D eigenvalue weighted by Gasteiger charge is -2.31. The van der Waals surface area contributed by atoms with Crippen LogP contribution in [-0.4, -0.2) is 42.5 Å². The van der Waals surface area contributed by atoms with Gasteiger partial charge in [-0.15, -0.1) is 23.1 Å². The molecule has 2 aromatic rings. The zero-order chi connectivity index (χ0) is 16.9. The standard InChI is InChI=1S/C17H18N2O3S2/c18-16(20)14-10-19(7-8-22-14)17(21)13-5-1-2-6-15(13)24-11-12-4-3-9-23-12/h1-6,9,14H,7-8,10-11H2,(H2,18,20)/t14-/m1/s1. The van der Waals surface area contributed by atoms with Crippen LogP contribution in [0, 0.1) is 0 Å². The predicted molar refractivity (Wildman–Crippen MR) is 95.2 cm³/mol. The van der Waals surface area contributed by atoms with E-state index in [0.29, 0.717) is 18.7 Å². The van der Waals surface area contributed by atoms with Crippen LogP contribution >= 0.6 is 23.1 Å². The first-order valence-electron chi connectivity index (χ1n) is 7.59. The topological polar surface area (TPSA) is 72.6 Å². The number of hydrogen-bond acceptors (Lipinski definition) is 5. The van der Waals surface area contributed by atoms with Gasteiger partial charge in [-0.2, -0.15) is 0 Å². The molecule has 1 aromatic heterocycles. The average Bonchev–Trinajstić information content (AvgIpc) is 3.13. The van der Waals surface area contributed by atoms with Crippen molar-refractivity contribution in [3.63, 3.8) is 0 Å². The van der Waals surface area contributed by atoms with Gasteiger partial charge in [-0.25, -0.2) is 0 Å². The summed E-state index contributed by atoms with van der Waals surface area (Å²) in [5, 5.41) is 2.05. The maximum absolute atomic E-state index is 12.9. The zero-order valence-corrected chi connectivity index (χ0v) is 14.6. The highest BCUT2D eigenvalue weighted by Gasteiger charge is 2.29. The van der Waals surface area contributed by atoms with Crippen LogP contribution in [0.5, 0.6) is 0 Å². The first-order valence-corrected chi connectivity index (χ1v) is 9.46. The molecule has 7 heteroatoms. The van der Waals surface area contributed by atoms with E-state index in [2.05, 4.69) is 6.07 Å². The average molecular weight is 362 g/mol. The molecule has 1 aliphatic heterocycles.